The molecule has 9 nitrogen and oxygen atoms in total. The van der Waals surface area contributed by atoms with Gasteiger partial charge in [0.1, 0.15) is 18.9 Å². The maximum absolute atomic E-state index is 13.1. The molecular formula is C22H20N2O7. The minimum atomic E-state index is -1.46. The molecule has 1 heterocycles. The Labute approximate surface area is 177 Å². The molecule has 3 rings (SSSR count). The van der Waals surface area contributed by atoms with Crippen LogP contribution in [-0.2, 0) is 25.5 Å². The number of nitrogens with one attached hydrogen (secondary N) is 1. The topological polar surface area (TPSA) is 130 Å². The molecule has 160 valence electrons. The van der Waals surface area contributed by atoms with Gasteiger partial charge in [0.05, 0.1) is 17.7 Å². The number of aliphatic carboxylic acids is 1. The molecule has 0 bridgehead atoms. The Hall–Kier alpha value is -3.85. The van der Waals surface area contributed by atoms with Crippen LogP contribution in [0.4, 0.5) is 0 Å². The Bertz CT molecular complexity index is 971. The van der Waals surface area contributed by atoms with E-state index in [-0.39, 0.29) is 24.2 Å². The molecule has 9 heteroatoms. The highest BCUT2D eigenvalue weighted by molar-refractivity contribution is 6.22. The van der Waals surface area contributed by atoms with E-state index in [1.54, 1.807) is 42.5 Å². The van der Waals surface area contributed by atoms with Crippen LogP contribution in [-0.4, -0.2) is 65.3 Å². The molecule has 0 saturated heterocycles. The van der Waals surface area contributed by atoms with Crippen molar-refractivity contribution in [3.63, 3.8) is 0 Å². The van der Waals surface area contributed by atoms with E-state index in [0.717, 1.165) is 4.90 Å². The maximum Gasteiger partial charge on any atom is 0.328 e. The molecule has 0 aromatic heterocycles. The van der Waals surface area contributed by atoms with E-state index in [0.29, 0.717) is 11.8 Å². The van der Waals surface area contributed by atoms with Crippen LogP contribution in [0.5, 0.6) is 0 Å². The van der Waals surface area contributed by atoms with Gasteiger partial charge in [0.15, 0.2) is 6.04 Å². The molecule has 0 radical (unpaired) electrons. The second-order valence-corrected chi connectivity index (χ2v) is 6.83. The predicted octanol–water partition coefficient (Wildman–Crippen LogP) is 0.679. The fourth-order valence-corrected chi connectivity index (χ4v) is 3.31. The number of imide groups is 1. The molecule has 2 N–H and O–H groups in total. The number of carbonyl (C=O) groups is 5. The Kier molecular flexibility index (Phi) is 6.88. The van der Waals surface area contributed by atoms with Crippen molar-refractivity contribution in [1.29, 1.82) is 0 Å². The lowest BCUT2D eigenvalue weighted by Gasteiger charge is -2.27. The summed E-state index contributed by atoms with van der Waals surface area (Å²) in [5.41, 5.74) is 1.05. The smallest absolute Gasteiger partial charge is 0.328 e. The molecule has 0 fully saturated rings. The molecule has 2 atom stereocenters. The van der Waals surface area contributed by atoms with Gasteiger partial charge in [-0.2, -0.15) is 0 Å². The van der Waals surface area contributed by atoms with E-state index in [2.05, 4.69) is 5.32 Å². The predicted molar refractivity (Wildman–Crippen MR) is 107 cm³/mol. The zero-order valence-corrected chi connectivity index (χ0v) is 16.4. The first-order valence-electron chi connectivity index (χ1n) is 9.49. The fourth-order valence-electron chi connectivity index (χ4n) is 3.31. The van der Waals surface area contributed by atoms with Crippen LogP contribution in [0.15, 0.2) is 54.6 Å². The zero-order valence-electron chi connectivity index (χ0n) is 16.4. The number of carboxylic acids is 1. The van der Waals surface area contributed by atoms with E-state index in [1.165, 1.54) is 12.1 Å². The van der Waals surface area contributed by atoms with Gasteiger partial charge in [0.2, 0.25) is 5.91 Å². The van der Waals surface area contributed by atoms with Crippen molar-refractivity contribution >= 4 is 30.0 Å². The van der Waals surface area contributed by atoms with Crippen molar-refractivity contribution in [2.45, 2.75) is 18.5 Å². The number of hydrogen-bond donors (Lipinski definition) is 2. The molecule has 1 aliphatic heterocycles. The second kappa shape index (κ2) is 9.77. The van der Waals surface area contributed by atoms with Crippen LogP contribution in [0, 0.1) is 0 Å². The van der Waals surface area contributed by atoms with Crippen molar-refractivity contribution in [3.8, 4) is 0 Å². The van der Waals surface area contributed by atoms with Crippen LogP contribution >= 0.6 is 0 Å². The van der Waals surface area contributed by atoms with Crippen LogP contribution in [0.25, 0.3) is 0 Å². The van der Waals surface area contributed by atoms with E-state index >= 15 is 0 Å². The van der Waals surface area contributed by atoms with Gasteiger partial charge in [0.25, 0.3) is 11.8 Å². The van der Waals surface area contributed by atoms with Crippen LogP contribution in [0.1, 0.15) is 26.3 Å². The van der Waals surface area contributed by atoms with Gasteiger partial charge in [-0.05, 0) is 17.7 Å². The van der Waals surface area contributed by atoms with Gasteiger partial charge >= 0.3 is 5.97 Å². The van der Waals surface area contributed by atoms with E-state index in [4.69, 9.17) is 4.74 Å². The first kappa shape index (κ1) is 21.8. The normalized spacial score (nSPS) is 14.6. The number of rotatable bonds is 10. The molecule has 0 aliphatic carbocycles. The first-order chi connectivity index (χ1) is 14.9. The Morgan fingerprint density at radius 1 is 1.00 bits per heavy atom. The summed E-state index contributed by atoms with van der Waals surface area (Å²) in [7, 11) is 0. The minimum Gasteiger partial charge on any atom is -0.480 e. The average Bonchev–Trinajstić information content (AvgIpc) is 3.02. The number of fused-ring (bicyclic) bond motifs is 1. The quantitative estimate of drug-likeness (QED) is 0.326. The zero-order chi connectivity index (χ0) is 22.4. The Morgan fingerprint density at radius 2 is 1.58 bits per heavy atom. The molecule has 0 saturated carbocycles. The maximum atomic E-state index is 13.1. The number of hydrogen-bond acceptors (Lipinski definition) is 6. The van der Waals surface area contributed by atoms with Gasteiger partial charge in [-0.15, -0.1) is 0 Å². The summed E-state index contributed by atoms with van der Waals surface area (Å²) in [6.45, 7) is -0.772. The highest BCUT2D eigenvalue weighted by atomic mass is 16.5. The van der Waals surface area contributed by atoms with Gasteiger partial charge in [0, 0.05) is 6.42 Å². The standard InChI is InChI=1S/C22H20N2O7/c25-10-11-31-13-17(22(29)30)23-19(26)18(12-14-6-2-1-3-7-14)24-20(27)15-8-4-5-9-16(15)21(24)28/h1-10,17-18H,11-13H2,(H,23,26)(H,29,30)/t17-,18?/m0/s1. The van der Waals surface area contributed by atoms with Crippen molar-refractivity contribution in [3.05, 3.63) is 71.3 Å². The Balaban J connectivity index is 1.89. The molecule has 2 aromatic carbocycles. The Morgan fingerprint density at radius 3 is 2.13 bits per heavy atom. The molecule has 3 amide bonds. The number of ether oxygens (including phenoxy) is 1. The number of carboxylic acid groups (broad SMARTS) is 1. The van der Waals surface area contributed by atoms with Gasteiger partial charge in [-0.3, -0.25) is 19.3 Å². The first-order valence-corrected chi connectivity index (χ1v) is 9.49. The summed E-state index contributed by atoms with van der Waals surface area (Å²) >= 11 is 0. The summed E-state index contributed by atoms with van der Waals surface area (Å²) < 4.78 is 4.91. The average molecular weight is 424 g/mol. The van der Waals surface area contributed by atoms with Crippen LogP contribution < -0.4 is 5.32 Å². The summed E-state index contributed by atoms with van der Waals surface area (Å²) in [5.74, 6) is -3.44. The highest BCUT2D eigenvalue weighted by Crippen LogP contribution is 2.26. The third kappa shape index (κ3) is 4.84. The lowest BCUT2D eigenvalue weighted by Crippen LogP contribution is -2.55. The van der Waals surface area contributed by atoms with Crippen LogP contribution in [0.3, 0.4) is 0 Å². The van der Waals surface area contributed by atoms with E-state index in [9.17, 15) is 29.1 Å². The molecule has 1 aliphatic rings. The van der Waals surface area contributed by atoms with Gasteiger partial charge in [-0.1, -0.05) is 42.5 Å². The third-order valence-electron chi connectivity index (χ3n) is 4.80. The van der Waals surface area contributed by atoms with Crippen molar-refractivity contribution in [2.24, 2.45) is 0 Å². The number of aldehydes is 1. The fraction of sp³-hybridized carbons (Fsp3) is 0.227. The van der Waals surface area contributed by atoms with Crippen LogP contribution in [0.2, 0.25) is 0 Å². The van der Waals surface area contributed by atoms with E-state index < -0.39 is 42.4 Å². The molecular weight excluding hydrogens is 404 g/mol. The lowest BCUT2D eigenvalue weighted by molar-refractivity contribution is -0.144. The molecule has 0 spiro atoms. The van der Waals surface area contributed by atoms with Gasteiger partial charge < -0.3 is 20.0 Å². The number of carbonyl (C=O) groups excluding carboxylic acids is 4. The third-order valence-corrected chi connectivity index (χ3v) is 4.80. The van der Waals surface area contributed by atoms with Crippen molar-refractivity contribution < 1.29 is 33.8 Å². The minimum absolute atomic E-state index is 0.000322. The number of amides is 3. The van der Waals surface area contributed by atoms with E-state index in [1.807, 2.05) is 0 Å². The number of benzene rings is 2. The molecule has 31 heavy (non-hydrogen) atoms. The highest BCUT2D eigenvalue weighted by Gasteiger charge is 2.43. The summed E-state index contributed by atoms with van der Waals surface area (Å²) in [5, 5.41) is 11.7. The molecule has 2 aromatic rings. The summed E-state index contributed by atoms with van der Waals surface area (Å²) in [4.78, 5) is 61.7. The molecule has 1 unspecified atom stereocenters. The van der Waals surface area contributed by atoms with Crippen molar-refractivity contribution in [1.82, 2.24) is 10.2 Å². The van der Waals surface area contributed by atoms with Crippen molar-refractivity contribution in [2.75, 3.05) is 13.2 Å². The lowest BCUT2D eigenvalue weighted by atomic mass is 10.0. The number of nitrogens with zero attached hydrogens (tertiary/aromatic N) is 1. The van der Waals surface area contributed by atoms with Gasteiger partial charge in [-0.25, -0.2) is 4.79 Å². The summed E-state index contributed by atoms with van der Waals surface area (Å²) in [6.07, 6.45) is 0.456. The SMILES string of the molecule is O=CCOC[C@H](NC(=O)C(Cc1ccccc1)N1C(=O)c2ccccc2C1=O)C(=O)O. The second-order valence-electron chi connectivity index (χ2n) is 6.83. The summed E-state index contributed by atoms with van der Waals surface area (Å²) in [6, 6.07) is 12.3. The monoisotopic (exact) mass is 424 g/mol. The largest absolute Gasteiger partial charge is 0.480 e.